The van der Waals surface area contributed by atoms with Crippen LogP contribution in [0.4, 0.5) is 5.82 Å². The van der Waals surface area contributed by atoms with Crippen molar-refractivity contribution in [2.75, 3.05) is 14.1 Å². The van der Waals surface area contributed by atoms with E-state index in [9.17, 15) is 0 Å². The second-order valence-electron chi connectivity index (χ2n) is 4.12. The molecule has 0 bridgehead atoms. The average molecular weight is 309 g/mol. The van der Waals surface area contributed by atoms with Gasteiger partial charge in [-0.2, -0.15) is 9.94 Å². The maximum Gasteiger partial charge on any atom is 0.209 e. The van der Waals surface area contributed by atoms with Crippen LogP contribution in [0.5, 0.6) is 0 Å². The first-order chi connectivity index (χ1) is 9.51. The topological polar surface area (TPSA) is 70.1 Å². The number of rotatable bonds is 3. The molecule has 8 heteroatoms. The lowest BCUT2D eigenvalue weighted by atomic mass is 10.3. The zero-order valence-electron chi connectivity index (χ0n) is 10.7. The Kier molecular flexibility index (Phi) is 4.23. The molecule has 0 atom stereocenters. The van der Waals surface area contributed by atoms with Gasteiger partial charge in [0.15, 0.2) is 5.82 Å². The molecule has 20 heavy (non-hydrogen) atoms. The molecule has 2 aromatic rings. The van der Waals surface area contributed by atoms with Crippen LogP contribution in [-0.2, 0) is 0 Å². The first-order valence-corrected chi connectivity index (χ1v) is 6.29. The summed E-state index contributed by atoms with van der Waals surface area (Å²) in [5.41, 5.74) is 0.710. The number of hydrogen-bond acceptors (Lipinski definition) is 4. The van der Waals surface area contributed by atoms with Crippen LogP contribution in [-0.4, -0.2) is 40.3 Å². The Morgan fingerprint density at radius 3 is 2.50 bits per heavy atom. The van der Waals surface area contributed by atoms with Crippen LogP contribution < -0.4 is 0 Å². The van der Waals surface area contributed by atoms with Crippen molar-refractivity contribution in [2.45, 2.75) is 0 Å². The van der Waals surface area contributed by atoms with E-state index in [1.54, 1.807) is 29.4 Å². The van der Waals surface area contributed by atoms with Gasteiger partial charge >= 0.3 is 0 Å². The fourth-order valence-electron chi connectivity index (χ4n) is 1.47. The van der Waals surface area contributed by atoms with Crippen LogP contribution in [0.1, 0.15) is 5.69 Å². The zero-order valence-corrected chi connectivity index (χ0v) is 12.3. The number of aromatic nitrogens is 3. The van der Waals surface area contributed by atoms with Crippen LogP contribution in [0.3, 0.4) is 0 Å². The third-order valence-electron chi connectivity index (χ3n) is 2.26. The number of aliphatic imine (C=N–C) groups is 1. The highest BCUT2D eigenvalue weighted by Gasteiger charge is 2.14. The van der Waals surface area contributed by atoms with Crippen LogP contribution in [0, 0.1) is 11.3 Å². The Morgan fingerprint density at radius 1 is 1.30 bits per heavy atom. The van der Waals surface area contributed by atoms with Gasteiger partial charge in [0, 0.05) is 24.1 Å². The molecule has 1 aromatic carbocycles. The average Bonchev–Trinajstić information content (AvgIpc) is 2.77. The van der Waals surface area contributed by atoms with Crippen molar-refractivity contribution in [3.8, 4) is 11.8 Å². The molecule has 0 saturated heterocycles. The Bertz CT molecular complexity index is 678. The largest absolute Gasteiger partial charge is 0.369 e. The van der Waals surface area contributed by atoms with Crippen molar-refractivity contribution in [1.29, 1.82) is 5.26 Å². The molecule has 0 unspecified atom stereocenters. The third-order valence-corrected chi connectivity index (χ3v) is 2.69. The smallest absolute Gasteiger partial charge is 0.209 e. The van der Waals surface area contributed by atoms with Gasteiger partial charge in [0.2, 0.25) is 5.69 Å². The predicted molar refractivity (Wildman–Crippen MR) is 77.9 cm³/mol. The van der Waals surface area contributed by atoms with E-state index >= 15 is 0 Å². The molecule has 0 spiro atoms. The van der Waals surface area contributed by atoms with E-state index in [1.807, 2.05) is 20.2 Å². The van der Waals surface area contributed by atoms with E-state index in [0.717, 1.165) is 0 Å². The van der Waals surface area contributed by atoms with Crippen LogP contribution >= 0.6 is 23.2 Å². The minimum atomic E-state index is 0.124. The minimum absolute atomic E-state index is 0.124. The van der Waals surface area contributed by atoms with Gasteiger partial charge in [0.25, 0.3) is 0 Å². The first kappa shape index (κ1) is 14.3. The van der Waals surface area contributed by atoms with Crippen LogP contribution in [0.15, 0.2) is 23.2 Å². The molecule has 0 N–H and O–H groups in total. The summed E-state index contributed by atoms with van der Waals surface area (Å²) < 4.78 is 1.41. The van der Waals surface area contributed by atoms with Crippen molar-refractivity contribution in [3.63, 3.8) is 0 Å². The summed E-state index contributed by atoms with van der Waals surface area (Å²) in [6.07, 6.45) is 1.56. The lowest BCUT2D eigenvalue weighted by Crippen LogP contribution is -2.07. The summed E-state index contributed by atoms with van der Waals surface area (Å²) >= 11 is 11.9. The molecule has 1 heterocycles. The Balaban J connectivity index is 2.57. The Hall–Kier alpha value is -2.10. The van der Waals surface area contributed by atoms with E-state index < -0.39 is 0 Å². The van der Waals surface area contributed by atoms with Crippen LogP contribution in [0.25, 0.3) is 5.69 Å². The highest BCUT2D eigenvalue weighted by molar-refractivity contribution is 6.34. The lowest BCUT2D eigenvalue weighted by Gasteiger charge is -2.06. The molecule has 0 aliphatic rings. The molecule has 0 aliphatic carbocycles. The summed E-state index contributed by atoms with van der Waals surface area (Å²) in [4.78, 5) is 5.94. The fourth-order valence-corrected chi connectivity index (χ4v) is 1.99. The van der Waals surface area contributed by atoms with Crippen molar-refractivity contribution in [2.24, 2.45) is 4.99 Å². The molecule has 0 saturated carbocycles. The van der Waals surface area contributed by atoms with Gasteiger partial charge in [-0.15, -0.1) is 5.10 Å². The molecule has 102 valence electrons. The maximum absolute atomic E-state index is 9.05. The van der Waals surface area contributed by atoms with Crippen LogP contribution in [0.2, 0.25) is 10.0 Å². The SMILES string of the molecule is CN(C)C=Nc1c(C#N)nnn1-c1cc(Cl)cc(Cl)c1. The molecular weight excluding hydrogens is 299 g/mol. The quantitative estimate of drug-likeness (QED) is 0.645. The van der Waals surface area contributed by atoms with Gasteiger partial charge in [0.05, 0.1) is 12.0 Å². The summed E-state index contributed by atoms with van der Waals surface area (Å²) in [6.45, 7) is 0. The fraction of sp³-hybridized carbons (Fsp3) is 0.167. The monoisotopic (exact) mass is 308 g/mol. The standard InChI is InChI=1S/C12H10Cl2N6/c1-19(2)7-16-12-11(6-15)17-18-20(12)10-4-8(13)3-9(14)5-10/h3-5,7H,1-2H3. The van der Waals surface area contributed by atoms with Crippen molar-refractivity contribution < 1.29 is 0 Å². The van der Waals surface area contributed by atoms with E-state index in [0.29, 0.717) is 21.6 Å². The van der Waals surface area contributed by atoms with E-state index in [2.05, 4.69) is 15.3 Å². The second-order valence-corrected chi connectivity index (χ2v) is 4.99. The highest BCUT2D eigenvalue weighted by Crippen LogP contribution is 2.25. The summed E-state index contributed by atoms with van der Waals surface area (Å²) in [7, 11) is 3.64. The molecule has 1 aromatic heterocycles. The molecule has 2 rings (SSSR count). The van der Waals surface area contributed by atoms with Crippen molar-refractivity contribution in [3.05, 3.63) is 33.9 Å². The normalized spacial score (nSPS) is 10.8. The zero-order chi connectivity index (χ0) is 14.7. The summed E-state index contributed by atoms with van der Waals surface area (Å²) in [5, 5.41) is 17.7. The van der Waals surface area contributed by atoms with E-state index in [1.165, 1.54) is 4.68 Å². The minimum Gasteiger partial charge on any atom is -0.369 e. The van der Waals surface area contributed by atoms with Gasteiger partial charge < -0.3 is 4.90 Å². The molecule has 0 aliphatic heterocycles. The predicted octanol–water partition coefficient (Wildman–Crippen LogP) is 2.67. The second kappa shape index (κ2) is 5.90. The summed E-state index contributed by atoms with van der Waals surface area (Å²) in [6, 6.07) is 6.88. The molecule has 0 radical (unpaired) electrons. The van der Waals surface area contributed by atoms with Gasteiger partial charge in [-0.25, -0.2) is 4.99 Å². The van der Waals surface area contributed by atoms with Gasteiger partial charge in [0.1, 0.15) is 6.07 Å². The number of nitrogens with zero attached hydrogens (tertiary/aromatic N) is 6. The number of halogens is 2. The third kappa shape index (κ3) is 3.07. The molecule has 6 nitrogen and oxygen atoms in total. The number of hydrogen-bond donors (Lipinski definition) is 0. The van der Waals surface area contributed by atoms with E-state index in [-0.39, 0.29) is 5.69 Å². The van der Waals surface area contributed by atoms with Gasteiger partial charge in [-0.05, 0) is 18.2 Å². The molecule has 0 fully saturated rings. The number of benzene rings is 1. The van der Waals surface area contributed by atoms with Gasteiger partial charge in [-0.1, -0.05) is 28.4 Å². The van der Waals surface area contributed by atoms with E-state index in [4.69, 9.17) is 28.5 Å². The van der Waals surface area contributed by atoms with Gasteiger partial charge in [-0.3, -0.25) is 0 Å². The molecule has 0 amide bonds. The Labute approximate surface area is 125 Å². The maximum atomic E-state index is 9.05. The van der Waals surface area contributed by atoms with Crippen molar-refractivity contribution >= 4 is 35.4 Å². The lowest BCUT2D eigenvalue weighted by molar-refractivity contribution is 0.642. The first-order valence-electron chi connectivity index (χ1n) is 5.54. The number of nitriles is 1. The Morgan fingerprint density at radius 2 is 1.95 bits per heavy atom. The van der Waals surface area contributed by atoms with Crippen molar-refractivity contribution in [1.82, 2.24) is 19.9 Å². The highest BCUT2D eigenvalue weighted by atomic mass is 35.5. The molecular formula is C12H10Cl2N6. The summed E-state index contributed by atoms with van der Waals surface area (Å²) in [5.74, 6) is 0.319.